The van der Waals surface area contributed by atoms with Crippen molar-refractivity contribution in [1.82, 2.24) is 4.98 Å². The lowest BCUT2D eigenvalue weighted by molar-refractivity contribution is 0.516. The lowest BCUT2D eigenvalue weighted by Crippen LogP contribution is -2.07. The molecule has 14 heavy (non-hydrogen) atoms. The molecular formula is C11H16N2S. The van der Waals surface area contributed by atoms with E-state index in [9.17, 15) is 0 Å². The second-order valence-electron chi connectivity index (χ2n) is 3.81. The normalized spacial score (nSPS) is 18.3. The molecule has 2 nitrogen and oxygen atoms in total. The number of nitrogen functional groups attached to an aromatic ring is 1. The van der Waals surface area contributed by atoms with E-state index < -0.39 is 0 Å². The molecule has 1 aliphatic rings. The van der Waals surface area contributed by atoms with Gasteiger partial charge in [-0.3, -0.25) is 0 Å². The van der Waals surface area contributed by atoms with Crippen LogP contribution in [-0.2, 0) is 0 Å². The molecule has 3 heteroatoms. The van der Waals surface area contributed by atoms with Gasteiger partial charge in [0.15, 0.2) is 0 Å². The molecule has 0 atom stereocenters. The van der Waals surface area contributed by atoms with Gasteiger partial charge < -0.3 is 5.73 Å². The van der Waals surface area contributed by atoms with Crippen LogP contribution in [0.25, 0.3) is 0 Å². The van der Waals surface area contributed by atoms with E-state index in [1.54, 1.807) is 6.20 Å². The Labute approximate surface area is 89.3 Å². The van der Waals surface area contributed by atoms with Gasteiger partial charge in [0.25, 0.3) is 0 Å². The average Bonchev–Trinajstić information content (AvgIpc) is 2.23. The van der Waals surface area contributed by atoms with Crippen molar-refractivity contribution in [3.8, 4) is 0 Å². The fourth-order valence-corrected chi connectivity index (χ4v) is 2.99. The predicted octanol–water partition coefficient (Wildman–Crippen LogP) is 3.09. The number of nitrogens with two attached hydrogens (primary N) is 1. The smallest absolute Gasteiger partial charge is 0.0964 e. The van der Waals surface area contributed by atoms with Gasteiger partial charge in [-0.2, -0.15) is 0 Å². The van der Waals surface area contributed by atoms with Crippen molar-refractivity contribution in [3.05, 3.63) is 18.3 Å². The maximum absolute atomic E-state index is 5.59. The van der Waals surface area contributed by atoms with Gasteiger partial charge in [-0.15, -0.1) is 11.8 Å². The molecule has 1 aliphatic carbocycles. The van der Waals surface area contributed by atoms with Crippen LogP contribution in [0.5, 0.6) is 0 Å². The summed E-state index contributed by atoms with van der Waals surface area (Å²) < 4.78 is 0. The molecule has 0 bridgehead atoms. The zero-order chi connectivity index (χ0) is 9.80. The number of hydrogen-bond acceptors (Lipinski definition) is 3. The SMILES string of the molecule is Nc1ccc(SC2CCCCC2)nc1. The van der Waals surface area contributed by atoms with Crippen molar-refractivity contribution < 1.29 is 0 Å². The summed E-state index contributed by atoms with van der Waals surface area (Å²) in [4.78, 5) is 4.31. The molecule has 1 aromatic heterocycles. The first-order valence-electron chi connectivity index (χ1n) is 5.23. The maximum Gasteiger partial charge on any atom is 0.0964 e. The first-order valence-corrected chi connectivity index (χ1v) is 6.11. The highest BCUT2D eigenvalue weighted by molar-refractivity contribution is 7.99. The van der Waals surface area contributed by atoms with Crippen molar-refractivity contribution in [3.63, 3.8) is 0 Å². The Kier molecular flexibility index (Phi) is 3.30. The topological polar surface area (TPSA) is 38.9 Å². The predicted molar refractivity (Wildman–Crippen MR) is 61.4 cm³/mol. The molecule has 0 amide bonds. The van der Waals surface area contributed by atoms with Crippen LogP contribution in [-0.4, -0.2) is 10.2 Å². The van der Waals surface area contributed by atoms with Gasteiger partial charge in [0.2, 0.25) is 0 Å². The van der Waals surface area contributed by atoms with Crippen LogP contribution in [0.4, 0.5) is 5.69 Å². The van der Waals surface area contributed by atoms with Gasteiger partial charge in [0, 0.05) is 5.25 Å². The van der Waals surface area contributed by atoms with Gasteiger partial charge in [-0.25, -0.2) is 4.98 Å². The monoisotopic (exact) mass is 208 g/mol. The molecule has 2 rings (SSSR count). The van der Waals surface area contributed by atoms with E-state index in [0.717, 1.165) is 16.0 Å². The van der Waals surface area contributed by atoms with Gasteiger partial charge in [0.05, 0.1) is 16.9 Å². The van der Waals surface area contributed by atoms with E-state index in [0.29, 0.717) is 0 Å². The highest BCUT2D eigenvalue weighted by Crippen LogP contribution is 2.32. The van der Waals surface area contributed by atoms with Crippen LogP contribution >= 0.6 is 11.8 Å². The highest BCUT2D eigenvalue weighted by atomic mass is 32.2. The fraction of sp³-hybridized carbons (Fsp3) is 0.545. The van der Waals surface area contributed by atoms with E-state index in [1.807, 2.05) is 23.9 Å². The Morgan fingerprint density at radius 2 is 2.00 bits per heavy atom. The first-order chi connectivity index (χ1) is 6.84. The van der Waals surface area contributed by atoms with Gasteiger partial charge in [-0.05, 0) is 25.0 Å². The van der Waals surface area contributed by atoms with Crippen molar-refractivity contribution in [2.24, 2.45) is 0 Å². The standard InChI is InChI=1S/C11H16N2S/c12-9-6-7-11(13-8-9)14-10-4-2-1-3-5-10/h6-8,10H,1-5,12H2. The highest BCUT2D eigenvalue weighted by Gasteiger charge is 2.14. The first kappa shape index (κ1) is 9.84. The molecule has 0 saturated heterocycles. The molecule has 1 aromatic rings. The molecule has 0 aliphatic heterocycles. The van der Waals surface area contributed by atoms with E-state index in [4.69, 9.17) is 5.73 Å². The van der Waals surface area contributed by atoms with Crippen molar-refractivity contribution in [2.75, 3.05) is 5.73 Å². The van der Waals surface area contributed by atoms with Crippen LogP contribution < -0.4 is 5.73 Å². The van der Waals surface area contributed by atoms with E-state index in [-0.39, 0.29) is 0 Å². The minimum absolute atomic E-state index is 0.748. The summed E-state index contributed by atoms with van der Waals surface area (Å²) in [6, 6.07) is 3.95. The third-order valence-corrected chi connectivity index (χ3v) is 3.89. The number of anilines is 1. The Morgan fingerprint density at radius 3 is 2.64 bits per heavy atom. The number of nitrogens with zero attached hydrogens (tertiary/aromatic N) is 1. The van der Waals surface area contributed by atoms with E-state index in [1.165, 1.54) is 32.1 Å². The fourth-order valence-electron chi connectivity index (χ4n) is 1.82. The van der Waals surface area contributed by atoms with Crippen LogP contribution in [0.1, 0.15) is 32.1 Å². The van der Waals surface area contributed by atoms with Crippen molar-refractivity contribution in [1.29, 1.82) is 0 Å². The van der Waals surface area contributed by atoms with Crippen LogP contribution in [0.15, 0.2) is 23.4 Å². The number of rotatable bonds is 2. The van der Waals surface area contributed by atoms with Crippen molar-refractivity contribution >= 4 is 17.4 Å². The Bertz CT molecular complexity index is 278. The van der Waals surface area contributed by atoms with Gasteiger partial charge in [-0.1, -0.05) is 19.3 Å². The maximum atomic E-state index is 5.59. The Balaban J connectivity index is 1.92. The second-order valence-corrected chi connectivity index (χ2v) is 5.13. The molecule has 0 aromatic carbocycles. The minimum atomic E-state index is 0.748. The molecule has 0 unspecified atom stereocenters. The lowest BCUT2D eigenvalue weighted by atomic mass is 10.0. The summed E-state index contributed by atoms with van der Waals surface area (Å²) in [5.74, 6) is 0. The Hall–Kier alpha value is -0.700. The molecule has 2 N–H and O–H groups in total. The molecule has 76 valence electrons. The number of pyridine rings is 1. The van der Waals surface area contributed by atoms with E-state index >= 15 is 0 Å². The average molecular weight is 208 g/mol. The number of thioether (sulfide) groups is 1. The zero-order valence-corrected chi connectivity index (χ0v) is 9.09. The third kappa shape index (κ3) is 2.64. The zero-order valence-electron chi connectivity index (χ0n) is 8.28. The summed E-state index contributed by atoms with van der Waals surface area (Å²) in [5, 5.41) is 1.89. The summed E-state index contributed by atoms with van der Waals surface area (Å²) >= 11 is 1.91. The summed E-state index contributed by atoms with van der Waals surface area (Å²) in [7, 11) is 0. The van der Waals surface area contributed by atoms with Crippen LogP contribution in [0, 0.1) is 0 Å². The molecular weight excluding hydrogens is 192 g/mol. The summed E-state index contributed by atoms with van der Waals surface area (Å²) in [5.41, 5.74) is 6.34. The molecule has 1 heterocycles. The summed E-state index contributed by atoms with van der Waals surface area (Å²) in [6.07, 6.45) is 8.60. The largest absolute Gasteiger partial charge is 0.397 e. The molecule has 0 radical (unpaired) electrons. The van der Waals surface area contributed by atoms with Crippen LogP contribution in [0.3, 0.4) is 0 Å². The number of hydrogen-bond donors (Lipinski definition) is 1. The number of aromatic nitrogens is 1. The molecule has 1 fully saturated rings. The van der Waals surface area contributed by atoms with Crippen LogP contribution in [0.2, 0.25) is 0 Å². The summed E-state index contributed by atoms with van der Waals surface area (Å²) in [6.45, 7) is 0. The lowest BCUT2D eigenvalue weighted by Gasteiger charge is -2.20. The minimum Gasteiger partial charge on any atom is -0.397 e. The van der Waals surface area contributed by atoms with E-state index in [2.05, 4.69) is 4.98 Å². The molecule has 1 saturated carbocycles. The third-order valence-electron chi connectivity index (χ3n) is 2.60. The molecule has 0 spiro atoms. The van der Waals surface area contributed by atoms with Gasteiger partial charge in [0.1, 0.15) is 0 Å². The second kappa shape index (κ2) is 4.69. The quantitative estimate of drug-likeness (QED) is 0.811. The van der Waals surface area contributed by atoms with Crippen molar-refractivity contribution in [2.45, 2.75) is 42.4 Å². The van der Waals surface area contributed by atoms with Gasteiger partial charge >= 0.3 is 0 Å². The Morgan fingerprint density at radius 1 is 1.21 bits per heavy atom.